The molecule has 0 bridgehead atoms. The fourth-order valence-electron chi connectivity index (χ4n) is 1.09. The minimum atomic E-state index is -0.943. The number of hydrogen-bond acceptors (Lipinski definition) is 3. The van der Waals surface area contributed by atoms with E-state index in [0.717, 1.165) is 0 Å². The molecule has 14 heavy (non-hydrogen) atoms. The maximum absolute atomic E-state index is 10.8. The van der Waals surface area contributed by atoms with E-state index in [1.807, 2.05) is 0 Å². The van der Waals surface area contributed by atoms with Gasteiger partial charge in [0.25, 0.3) is 0 Å². The molecule has 0 saturated heterocycles. The second kappa shape index (κ2) is 5.36. The number of benzene rings is 1. The Morgan fingerprint density at radius 3 is 2.79 bits per heavy atom. The Morgan fingerprint density at radius 2 is 2.14 bits per heavy atom. The molecule has 0 aromatic heterocycles. The minimum Gasteiger partial charge on any atom is -0.478 e. The van der Waals surface area contributed by atoms with Gasteiger partial charge in [0, 0.05) is 7.11 Å². The van der Waals surface area contributed by atoms with Crippen LogP contribution in [0.15, 0.2) is 24.3 Å². The Morgan fingerprint density at radius 1 is 1.43 bits per heavy atom. The molecule has 4 heteroatoms. The number of aromatic carboxylic acids is 1. The van der Waals surface area contributed by atoms with Gasteiger partial charge in [0.1, 0.15) is 6.79 Å². The molecule has 0 spiro atoms. The van der Waals surface area contributed by atoms with Gasteiger partial charge in [-0.15, -0.1) is 0 Å². The van der Waals surface area contributed by atoms with Crippen molar-refractivity contribution in [1.29, 1.82) is 0 Å². The highest BCUT2D eigenvalue weighted by Gasteiger charge is 2.08. The normalized spacial score (nSPS) is 10.1. The van der Waals surface area contributed by atoms with Gasteiger partial charge in [-0.3, -0.25) is 0 Å². The first-order valence-electron chi connectivity index (χ1n) is 4.13. The first kappa shape index (κ1) is 10.7. The van der Waals surface area contributed by atoms with Crippen LogP contribution in [-0.4, -0.2) is 25.0 Å². The summed E-state index contributed by atoms with van der Waals surface area (Å²) in [6.45, 7) is 0.407. The molecule has 1 rings (SSSR count). The van der Waals surface area contributed by atoms with E-state index in [9.17, 15) is 4.79 Å². The second-order valence-corrected chi connectivity index (χ2v) is 2.72. The molecule has 0 unspecified atom stereocenters. The smallest absolute Gasteiger partial charge is 0.336 e. The highest BCUT2D eigenvalue weighted by molar-refractivity contribution is 5.89. The second-order valence-electron chi connectivity index (χ2n) is 2.72. The van der Waals surface area contributed by atoms with Crippen LogP contribution in [0.25, 0.3) is 0 Å². The molecule has 0 aliphatic heterocycles. The number of methoxy groups -OCH3 is 1. The van der Waals surface area contributed by atoms with Crippen LogP contribution in [0.1, 0.15) is 15.9 Å². The summed E-state index contributed by atoms with van der Waals surface area (Å²) in [4.78, 5) is 10.8. The lowest BCUT2D eigenvalue weighted by atomic mass is 10.1. The topological polar surface area (TPSA) is 55.8 Å². The van der Waals surface area contributed by atoms with Gasteiger partial charge >= 0.3 is 5.97 Å². The minimum absolute atomic E-state index is 0.161. The maximum atomic E-state index is 10.8. The zero-order valence-electron chi connectivity index (χ0n) is 7.90. The predicted molar refractivity (Wildman–Crippen MR) is 50.1 cm³/mol. The Kier molecular flexibility index (Phi) is 4.10. The molecular weight excluding hydrogens is 184 g/mol. The Labute approximate surface area is 82.1 Å². The van der Waals surface area contributed by atoms with Gasteiger partial charge in [0.15, 0.2) is 0 Å². The van der Waals surface area contributed by atoms with Crippen LogP contribution in [-0.2, 0) is 16.1 Å². The lowest BCUT2D eigenvalue weighted by molar-refractivity contribution is -0.0393. The third-order valence-electron chi connectivity index (χ3n) is 1.71. The lowest BCUT2D eigenvalue weighted by Gasteiger charge is -2.05. The van der Waals surface area contributed by atoms with Crippen molar-refractivity contribution in [3.05, 3.63) is 35.4 Å². The summed E-state index contributed by atoms with van der Waals surface area (Å²) >= 11 is 0. The fraction of sp³-hybridized carbons (Fsp3) is 0.300. The van der Waals surface area contributed by atoms with E-state index in [1.165, 1.54) is 7.11 Å². The molecule has 0 amide bonds. The van der Waals surface area contributed by atoms with E-state index >= 15 is 0 Å². The van der Waals surface area contributed by atoms with Crippen molar-refractivity contribution in [2.24, 2.45) is 0 Å². The maximum Gasteiger partial charge on any atom is 0.336 e. The van der Waals surface area contributed by atoms with E-state index in [0.29, 0.717) is 5.56 Å². The number of carboxylic acid groups (broad SMARTS) is 1. The predicted octanol–water partition coefficient (Wildman–Crippen LogP) is 1.51. The molecule has 0 fully saturated rings. The highest BCUT2D eigenvalue weighted by Crippen LogP contribution is 2.09. The van der Waals surface area contributed by atoms with Gasteiger partial charge in [-0.25, -0.2) is 4.79 Å². The summed E-state index contributed by atoms with van der Waals surface area (Å²) in [6, 6.07) is 6.73. The summed E-state index contributed by atoms with van der Waals surface area (Å²) < 4.78 is 9.77. The summed E-state index contributed by atoms with van der Waals surface area (Å²) in [5, 5.41) is 8.84. The third kappa shape index (κ3) is 2.83. The molecule has 0 heterocycles. The van der Waals surface area contributed by atoms with Crippen molar-refractivity contribution >= 4 is 5.97 Å². The molecule has 0 aliphatic rings. The van der Waals surface area contributed by atoms with E-state index in [2.05, 4.69) is 0 Å². The van der Waals surface area contributed by atoms with Crippen molar-refractivity contribution in [3.63, 3.8) is 0 Å². The SMILES string of the molecule is COCOCc1ccccc1C(=O)O. The van der Waals surface area contributed by atoms with Gasteiger partial charge in [-0.2, -0.15) is 0 Å². The van der Waals surface area contributed by atoms with Crippen molar-refractivity contribution in [2.75, 3.05) is 13.9 Å². The largest absolute Gasteiger partial charge is 0.478 e. The summed E-state index contributed by atoms with van der Waals surface area (Å²) in [6.07, 6.45) is 0. The van der Waals surface area contributed by atoms with Crippen LogP contribution < -0.4 is 0 Å². The standard InChI is InChI=1S/C10H12O4/c1-13-7-14-6-8-4-2-3-5-9(8)10(11)12/h2-5H,6-7H2,1H3,(H,11,12). The van der Waals surface area contributed by atoms with Gasteiger partial charge in [0.2, 0.25) is 0 Å². The van der Waals surface area contributed by atoms with Crippen LogP contribution in [0.3, 0.4) is 0 Å². The Balaban J connectivity index is 2.69. The number of carboxylic acids is 1. The molecule has 0 aliphatic carbocycles. The van der Waals surface area contributed by atoms with E-state index in [1.54, 1.807) is 24.3 Å². The zero-order chi connectivity index (χ0) is 10.4. The molecule has 4 nitrogen and oxygen atoms in total. The average molecular weight is 196 g/mol. The number of ether oxygens (including phenoxy) is 2. The molecule has 0 radical (unpaired) electrons. The quantitative estimate of drug-likeness (QED) is 0.572. The summed E-state index contributed by atoms with van der Waals surface area (Å²) in [5.41, 5.74) is 0.917. The molecule has 1 aromatic carbocycles. The van der Waals surface area contributed by atoms with E-state index in [-0.39, 0.29) is 19.0 Å². The molecule has 1 N–H and O–H groups in total. The van der Waals surface area contributed by atoms with Crippen molar-refractivity contribution in [3.8, 4) is 0 Å². The van der Waals surface area contributed by atoms with Crippen LogP contribution >= 0.6 is 0 Å². The number of rotatable bonds is 5. The number of hydrogen-bond donors (Lipinski definition) is 1. The average Bonchev–Trinajstić information content (AvgIpc) is 2.19. The van der Waals surface area contributed by atoms with Gasteiger partial charge in [0.05, 0.1) is 12.2 Å². The highest BCUT2D eigenvalue weighted by atomic mass is 16.7. The van der Waals surface area contributed by atoms with Crippen molar-refractivity contribution in [2.45, 2.75) is 6.61 Å². The third-order valence-corrected chi connectivity index (χ3v) is 1.71. The van der Waals surface area contributed by atoms with Crippen molar-refractivity contribution in [1.82, 2.24) is 0 Å². The molecule has 0 atom stereocenters. The van der Waals surface area contributed by atoms with Crippen LogP contribution in [0, 0.1) is 0 Å². The van der Waals surface area contributed by atoms with E-state index in [4.69, 9.17) is 14.6 Å². The zero-order valence-corrected chi connectivity index (χ0v) is 7.90. The van der Waals surface area contributed by atoms with Gasteiger partial charge in [-0.05, 0) is 11.6 Å². The fourth-order valence-corrected chi connectivity index (χ4v) is 1.09. The first-order chi connectivity index (χ1) is 6.75. The van der Waals surface area contributed by atoms with Crippen LogP contribution in [0.4, 0.5) is 0 Å². The lowest BCUT2D eigenvalue weighted by Crippen LogP contribution is -2.04. The molecular formula is C10H12O4. The number of carbonyl (C=O) groups is 1. The molecule has 1 aromatic rings. The monoisotopic (exact) mass is 196 g/mol. The van der Waals surface area contributed by atoms with Crippen LogP contribution in [0.5, 0.6) is 0 Å². The summed E-state index contributed by atoms with van der Waals surface area (Å²) in [5.74, 6) is -0.943. The van der Waals surface area contributed by atoms with Crippen LogP contribution in [0.2, 0.25) is 0 Å². The Bertz CT molecular complexity index is 309. The van der Waals surface area contributed by atoms with Gasteiger partial charge < -0.3 is 14.6 Å². The molecule has 0 saturated carbocycles. The summed E-state index contributed by atoms with van der Waals surface area (Å²) in [7, 11) is 1.52. The molecule has 76 valence electrons. The van der Waals surface area contributed by atoms with E-state index < -0.39 is 5.97 Å². The first-order valence-corrected chi connectivity index (χ1v) is 4.13. The Hall–Kier alpha value is -1.39. The van der Waals surface area contributed by atoms with Crippen molar-refractivity contribution < 1.29 is 19.4 Å². The van der Waals surface area contributed by atoms with Gasteiger partial charge in [-0.1, -0.05) is 18.2 Å².